The first kappa shape index (κ1) is 16.0. The highest BCUT2D eigenvalue weighted by Crippen LogP contribution is 2.25. The smallest absolute Gasteiger partial charge is 0.137 e. The number of nitrogens with one attached hydrogen (secondary N) is 1. The molecule has 0 aliphatic carbocycles. The minimum atomic E-state index is 0.700. The topological polar surface area (TPSA) is 50.3 Å². The van der Waals surface area contributed by atoms with Crippen LogP contribution in [0.5, 0.6) is 0 Å². The zero-order valence-electron chi connectivity index (χ0n) is 13.8. The van der Waals surface area contributed by atoms with Crippen LogP contribution in [0.1, 0.15) is 37.6 Å². The summed E-state index contributed by atoms with van der Waals surface area (Å²) in [6.07, 6.45) is 3.39. The third-order valence-corrected chi connectivity index (χ3v) is 4.01. The van der Waals surface area contributed by atoms with E-state index in [1.807, 2.05) is 6.92 Å². The lowest BCUT2D eigenvalue weighted by Crippen LogP contribution is -2.31. The van der Waals surface area contributed by atoms with E-state index < -0.39 is 0 Å². The molecule has 0 saturated carbocycles. The minimum absolute atomic E-state index is 0.700. The summed E-state index contributed by atoms with van der Waals surface area (Å²) in [6.45, 7) is 9.99. The predicted molar refractivity (Wildman–Crippen MR) is 87.1 cm³/mol. The molecule has 0 unspecified atom stereocenters. The molecule has 118 valence electrons. The lowest BCUT2D eigenvalue weighted by atomic mass is 10.00. The van der Waals surface area contributed by atoms with Gasteiger partial charge < -0.3 is 15.0 Å². The Balaban J connectivity index is 2.11. The first-order chi connectivity index (χ1) is 10.1. The standard InChI is InChI=1S/C16H28N4O/c1-5-8-17-15-12(2)16(19-13(3)18-15)20(4)11-14-6-9-21-10-7-14/h14H,5-11H2,1-4H3,(H,17,18,19). The van der Waals surface area contributed by atoms with Crippen molar-refractivity contribution in [3.05, 3.63) is 11.4 Å². The molecule has 0 atom stereocenters. The Morgan fingerprint density at radius 1 is 1.24 bits per heavy atom. The molecule has 5 nitrogen and oxygen atoms in total. The third kappa shape index (κ3) is 4.30. The summed E-state index contributed by atoms with van der Waals surface area (Å²) in [6, 6.07) is 0. The van der Waals surface area contributed by atoms with Gasteiger partial charge in [0.15, 0.2) is 0 Å². The molecule has 0 radical (unpaired) electrons. The van der Waals surface area contributed by atoms with Gasteiger partial charge in [-0.3, -0.25) is 0 Å². The lowest BCUT2D eigenvalue weighted by molar-refractivity contribution is 0.0685. The molecule has 0 aromatic carbocycles. The number of aromatic nitrogens is 2. The summed E-state index contributed by atoms with van der Waals surface area (Å²) >= 11 is 0. The van der Waals surface area contributed by atoms with E-state index in [4.69, 9.17) is 4.74 Å². The average molecular weight is 292 g/mol. The Labute approximate surface area is 128 Å². The second kappa shape index (κ2) is 7.59. The summed E-state index contributed by atoms with van der Waals surface area (Å²) in [5, 5.41) is 3.40. The molecule has 1 aromatic rings. The van der Waals surface area contributed by atoms with E-state index in [9.17, 15) is 0 Å². The van der Waals surface area contributed by atoms with Crippen LogP contribution in [0, 0.1) is 19.8 Å². The fourth-order valence-corrected chi connectivity index (χ4v) is 2.80. The molecule has 1 aliphatic heterocycles. The zero-order chi connectivity index (χ0) is 15.2. The molecule has 0 bridgehead atoms. The molecule has 0 amide bonds. The summed E-state index contributed by atoms with van der Waals surface area (Å²) in [7, 11) is 2.13. The number of hydrogen-bond donors (Lipinski definition) is 1. The summed E-state index contributed by atoms with van der Waals surface area (Å²) in [5.74, 6) is 3.55. The minimum Gasteiger partial charge on any atom is -0.381 e. The number of aryl methyl sites for hydroxylation is 1. The molecule has 2 rings (SSSR count). The van der Waals surface area contributed by atoms with E-state index in [0.717, 1.165) is 68.6 Å². The molecule has 1 aliphatic rings. The Morgan fingerprint density at radius 3 is 2.62 bits per heavy atom. The van der Waals surface area contributed by atoms with Crippen LogP contribution >= 0.6 is 0 Å². The second-order valence-corrected chi connectivity index (χ2v) is 5.93. The van der Waals surface area contributed by atoms with E-state index in [1.165, 1.54) is 0 Å². The normalized spacial score (nSPS) is 16.0. The predicted octanol–water partition coefficient (Wildman–Crippen LogP) is 2.78. The number of hydrogen-bond acceptors (Lipinski definition) is 5. The van der Waals surface area contributed by atoms with Crippen LogP contribution in [0.25, 0.3) is 0 Å². The Bertz CT molecular complexity index is 458. The number of ether oxygens (including phenoxy) is 1. The third-order valence-electron chi connectivity index (χ3n) is 4.01. The van der Waals surface area contributed by atoms with Crippen LogP contribution in [-0.4, -0.2) is 43.3 Å². The SMILES string of the molecule is CCCNc1nc(C)nc(N(C)CC2CCOCC2)c1C. The van der Waals surface area contributed by atoms with Gasteiger partial charge in [-0.2, -0.15) is 0 Å². The monoisotopic (exact) mass is 292 g/mol. The van der Waals surface area contributed by atoms with Crippen LogP contribution in [0.15, 0.2) is 0 Å². The summed E-state index contributed by atoms with van der Waals surface area (Å²) in [4.78, 5) is 11.5. The van der Waals surface area contributed by atoms with Crippen molar-refractivity contribution in [3.8, 4) is 0 Å². The highest BCUT2D eigenvalue weighted by molar-refractivity contribution is 5.58. The quantitative estimate of drug-likeness (QED) is 0.873. The molecule has 21 heavy (non-hydrogen) atoms. The van der Waals surface area contributed by atoms with Crippen molar-refractivity contribution in [2.75, 3.05) is 43.6 Å². The van der Waals surface area contributed by atoms with Crippen molar-refractivity contribution in [1.82, 2.24) is 9.97 Å². The van der Waals surface area contributed by atoms with Crippen molar-refractivity contribution in [3.63, 3.8) is 0 Å². The van der Waals surface area contributed by atoms with Gasteiger partial charge in [0, 0.05) is 38.9 Å². The van der Waals surface area contributed by atoms with Gasteiger partial charge in [-0.05, 0) is 39.0 Å². The molecule has 1 aromatic heterocycles. The lowest BCUT2D eigenvalue weighted by Gasteiger charge is -2.29. The molecule has 1 saturated heterocycles. The van der Waals surface area contributed by atoms with E-state index in [0.29, 0.717) is 5.92 Å². The van der Waals surface area contributed by atoms with Crippen molar-refractivity contribution < 1.29 is 4.74 Å². The van der Waals surface area contributed by atoms with Gasteiger partial charge >= 0.3 is 0 Å². The Morgan fingerprint density at radius 2 is 1.95 bits per heavy atom. The van der Waals surface area contributed by atoms with E-state index in [-0.39, 0.29) is 0 Å². The van der Waals surface area contributed by atoms with Crippen molar-refractivity contribution in [1.29, 1.82) is 0 Å². The van der Waals surface area contributed by atoms with Crippen LogP contribution in [0.3, 0.4) is 0 Å². The van der Waals surface area contributed by atoms with Crippen LogP contribution in [0.2, 0.25) is 0 Å². The van der Waals surface area contributed by atoms with E-state index >= 15 is 0 Å². The first-order valence-electron chi connectivity index (χ1n) is 7.99. The van der Waals surface area contributed by atoms with Gasteiger partial charge in [-0.1, -0.05) is 6.92 Å². The van der Waals surface area contributed by atoms with Crippen LogP contribution < -0.4 is 10.2 Å². The van der Waals surface area contributed by atoms with Crippen LogP contribution in [0.4, 0.5) is 11.6 Å². The van der Waals surface area contributed by atoms with Gasteiger partial charge in [0.1, 0.15) is 17.5 Å². The van der Waals surface area contributed by atoms with Crippen molar-refractivity contribution >= 4 is 11.6 Å². The number of anilines is 2. The molecular formula is C16H28N4O. The second-order valence-electron chi connectivity index (χ2n) is 5.93. The Kier molecular flexibility index (Phi) is 5.79. The zero-order valence-corrected chi connectivity index (χ0v) is 13.8. The van der Waals surface area contributed by atoms with Gasteiger partial charge in [-0.15, -0.1) is 0 Å². The van der Waals surface area contributed by atoms with E-state index in [2.05, 4.69) is 41.1 Å². The largest absolute Gasteiger partial charge is 0.381 e. The Hall–Kier alpha value is -1.36. The molecule has 1 fully saturated rings. The molecule has 0 spiro atoms. The fourth-order valence-electron chi connectivity index (χ4n) is 2.80. The maximum Gasteiger partial charge on any atom is 0.137 e. The number of nitrogens with zero attached hydrogens (tertiary/aromatic N) is 3. The highest BCUT2D eigenvalue weighted by Gasteiger charge is 2.19. The van der Waals surface area contributed by atoms with Crippen molar-refractivity contribution in [2.24, 2.45) is 5.92 Å². The molecular weight excluding hydrogens is 264 g/mol. The maximum atomic E-state index is 5.44. The summed E-state index contributed by atoms with van der Waals surface area (Å²) in [5.41, 5.74) is 1.14. The molecule has 5 heteroatoms. The van der Waals surface area contributed by atoms with Gasteiger partial charge in [0.25, 0.3) is 0 Å². The molecule has 2 heterocycles. The highest BCUT2D eigenvalue weighted by atomic mass is 16.5. The van der Waals surface area contributed by atoms with Gasteiger partial charge in [0.2, 0.25) is 0 Å². The van der Waals surface area contributed by atoms with Gasteiger partial charge in [0.05, 0.1) is 0 Å². The van der Waals surface area contributed by atoms with Crippen molar-refractivity contribution in [2.45, 2.75) is 40.0 Å². The maximum absolute atomic E-state index is 5.44. The molecule has 1 N–H and O–H groups in total. The number of rotatable bonds is 6. The average Bonchev–Trinajstić information content (AvgIpc) is 2.48. The van der Waals surface area contributed by atoms with Gasteiger partial charge in [-0.25, -0.2) is 9.97 Å². The fraction of sp³-hybridized carbons (Fsp3) is 0.750. The van der Waals surface area contributed by atoms with Crippen LogP contribution in [-0.2, 0) is 4.74 Å². The summed E-state index contributed by atoms with van der Waals surface area (Å²) < 4.78 is 5.44. The first-order valence-corrected chi connectivity index (χ1v) is 7.99. The van der Waals surface area contributed by atoms with E-state index in [1.54, 1.807) is 0 Å².